The molecule has 8 rings (SSSR count). The van der Waals surface area contributed by atoms with Crippen LogP contribution in [0.4, 0.5) is 8.78 Å². The zero-order valence-corrected chi connectivity index (χ0v) is 26.6. The van der Waals surface area contributed by atoms with Crippen LogP contribution in [0.15, 0.2) is 24.3 Å². The molecule has 242 valence electrons. The lowest BCUT2D eigenvalue weighted by Gasteiger charge is -2.51. The molecule has 9 heteroatoms. The van der Waals surface area contributed by atoms with Gasteiger partial charge in [0, 0.05) is 47.4 Å². The number of rotatable bonds is 7. The van der Waals surface area contributed by atoms with Crippen molar-refractivity contribution in [3.05, 3.63) is 47.0 Å². The van der Waals surface area contributed by atoms with Gasteiger partial charge in [0.05, 0.1) is 7.11 Å². The summed E-state index contributed by atoms with van der Waals surface area (Å²) in [6, 6.07) is 9.27. The Morgan fingerprint density at radius 3 is 1.45 bits per heavy atom. The van der Waals surface area contributed by atoms with Gasteiger partial charge < -0.3 is 19.3 Å². The zero-order chi connectivity index (χ0) is 29.5. The van der Waals surface area contributed by atoms with E-state index in [1.165, 1.54) is 95.2 Å². The van der Waals surface area contributed by atoms with Gasteiger partial charge in [0.15, 0.2) is 23.1 Å². The summed E-state index contributed by atoms with van der Waals surface area (Å²) in [5, 5.41) is 10.0. The van der Waals surface area contributed by atoms with Gasteiger partial charge in [0.1, 0.15) is 24.7 Å². The van der Waals surface area contributed by atoms with E-state index in [0.717, 1.165) is 17.7 Å². The lowest BCUT2D eigenvalue weighted by molar-refractivity contribution is -0.0196. The predicted molar refractivity (Wildman–Crippen MR) is 168 cm³/mol. The summed E-state index contributed by atoms with van der Waals surface area (Å²) in [7, 11) is 1.65. The molecule has 2 atom stereocenters. The molecule has 0 aromatic heterocycles. The van der Waals surface area contributed by atoms with E-state index in [2.05, 4.69) is 9.80 Å². The number of ether oxygens (including phenoxy) is 3. The van der Waals surface area contributed by atoms with Crippen molar-refractivity contribution in [3.8, 4) is 23.0 Å². The fourth-order valence-electron chi connectivity index (χ4n) is 7.92. The Morgan fingerprint density at radius 1 is 0.636 bits per heavy atom. The van der Waals surface area contributed by atoms with Gasteiger partial charge >= 0.3 is 0 Å². The molecule has 2 aromatic rings. The smallest absolute Gasteiger partial charge is 0.165 e. The number of hydrogen-bond donors (Lipinski definition) is 1. The van der Waals surface area contributed by atoms with Gasteiger partial charge in [-0.05, 0) is 88.5 Å². The number of methoxy groups -OCH3 is 1. The van der Waals surface area contributed by atoms with E-state index in [1.54, 1.807) is 13.2 Å². The topological polar surface area (TPSA) is 54.4 Å². The largest absolute Gasteiger partial charge is 0.508 e. The first kappa shape index (κ1) is 31.7. The van der Waals surface area contributed by atoms with E-state index in [0.29, 0.717) is 61.2 Å². The summed E-state index contributed by atoms with van der Waals surface area (Å²) in [6.45, 7) is 1.14. The first-order valence-corrected chi connectivity index (χ1v) is 16.7. The quantitative estimate of drug-likeness (QED) is 0.348. The zero-order valence-electron chi connectivity index (χ0n) is 25.8. The Morgan fingerprint density at radius 2 is 1.05 bits per heavy atom. The third kappa shape index (κ3) is 5.99. The van der Waals surface area contributed by atoms with Gasteiger partial charge in [-0.1, -0.05) is 25.7 Å². The molecule has 44 heavy (non-hydrogen) atoms. The highest BCUT2D eigenvalue weighted by atomic mass is 35.5. The summed E-state index contributed by atoms with van der Waals surface area (Å²) in [5.41, 5.74) is 1.55. The third-order valence-corrected chi connectivity index (χ3v) is 11.1. The molecule has 0 spiro atoms. The van der Waals surface area contributed by atoms with Crippen molar-refractivity contribution in [2.75, 3.05) is 20.3 Å². The molecule has 0 radical (unpaired) electrons. The predicted octanol–water partition coefficient (Wildman–Crippen LogP) is 7.21. The number of fused-ring (bicyclic) bond motifs is 2. The Kier molecular flexibility index (Phi) is 9.79. The molecule has 4 saturated carbocycles. The molecule has 1 N–H and O–H groups in total. The van der Waals surface area contributed by atoms with E-state index >= 15 is 0 Å². The van der Waals surface area contributed by atoms with Crippen molar-refractivity contribution in [1.29, 1.82) is 0 Å². The SMILES string of the molecule is COc1ccc(F)c2c1C[C@@H](N(C1CCC1)C1CCC1)CO2.Cl.Oc1ccc(F)c2c1C[C@@H](N(C1CCC1)C1CCC1)CO2. The maximum Gasteiger partial charge on any atom is 0.165 e. The number of aromatic hydroxyl groups is 1. The number of halogens is 3. The summed E-state index contributed by atoms with van der Waals surface area (Å²) in [6.07, 6.45) is 17.2. The molecule has 2 heterocycles. The number of phenolic OH excluding ortho intramolecular Hbond substituents is 1. The maximum atomic E-state index is 14.0. The average molecular weight is 633 g/mol. The van der Waals surface area contributed by atoms with Crippen LogP contribution < -0.4 is 14.2 Å². The molecule has 4 fully saturated rings. The Labute approximate surface area is 266 Å². The van der Waals surface area contributed by atoms with Crippen molar-refractivity contribution in [3.63, 3.8) is 0 Å². The van der Waals surface area contributed by atoms with Crippen molar-refractivity contribution in [2.45, 2.75) is 126 Å². The first-order chi connectivity index (χ1) is 21.0. The molecule has 2 aliphatic heterocycles. The van der Waals surface area contributed by atoms with E-state index in [-0.39, 0.29) is 41.6 Å². The van der Waals surface area contributed by atoms with Crippen molar-refractivity contribution in [2.24, 2.45) is 0 Å². The van der Waals surface area contributed by atoms with E-state index < -0.39 is 0 Å². The minimum Gasteiger partial charge on any atom is -0.508 e. The molecule has 4 aliphatic carbocycles. The van der Waals surface area contributed by atoms with Crippen LogP contribution >= 0.6 is 12.4 Å². The van der Waals surface area contributed by atoms with E-state index in [1.807, 2.05) is 0 Å². The third-order valence-electron chi connectivity index (χ3n) is 11.1. The number of nitrogens with zero attached hydrogens (tertiary/aromatic N) is 2. The molecular formula is C35H47ClF2N2O4. The molecule has 6 nitrogen and oxygen atoms in total. The van der Waals surface area contributed by atoms with Crippen LogP contribution in [-0.2, 0) is 12.8 Å². The first-order valence-electron chi connectivity index (χ1n) is 16.7. The van der Waals surface area contributed by atoms with Gasteiger partial charge in [-0.15, -0.1) is 12.4 Å². The highest BCUT2D eigenvalue weighted by Crippen LogP contribution is 2.42. The minimum absolute atomic E-state index is 0. The number of phenols is 1. The number of benzene rings is 2. The molecule has 0 saturated heterocycles. The van der Waals surface area contributed by atoms with Crippen molar-refractivity contribution < 1.29 is 28.1 Å². The van der Waals surface area contributed by atoms with Gasteiger partial charge in [-0.2, -0.15) is 0 Å². The van der Waals surface area contributed by atoms with E-state index in [9.17, 15) is 13.9 Å². The van der Waals surface area contributed by atoms with Gasteiger partial charge in [-0.3, -0.25) is 9.80 Å². The second-order valence-corrected chi connectivity index (χ2v) is 13.5. The highest BCUT2D eigenvalue weighted by molar-refractivity contribution is 5.85. The maximum absolute atomic E-state index is 14.0. The molecule has 6 aliphatic rings. The molecule has 0 amide bonds. The van der Waals surface area contributed by atoms with Gasteiger partial charge in [0.2, 0.25) is 0 Å². The van der Waals surface area contributed by atoms with Gasteiger partial charge in [-0.25, -0.2) is 8.78 Å². The standard InChI is InChI=1S/C18H24FNO2.C17H22FNO2.ClH/c1-21-17-9-8-16(19)18-15(17)10-14(11-22-18)20(12-4-2-5-12)13-6-3-7-13;18-15-7-8-16(20)14-9-13(10-21-17(14)15)19(11-3-1-4-11)12-5-2-6-12;/h8-9,12-14H,2-7,10-11H2,1H3;7-8,11-13,20H,1-6,9-10H2;1H/t14-;13-;/m11./s1. The van der Waals surface area contributed by atoms with Gasteiger partial charge in [0.25, 0.3) is 0 Å². The second-order valence-electron chi connectivity index (χ2n) is 13.5. The Hall–Kier alpha value is -2.29. The molecular weight excluding hydrogens is 586 g/mol. The summed E-state index contributed by atoms with van der Waals surface area (Å²) >= 11 is 0. The van der Waals surface area contributed by atoms with Crippen LogP contribution in [0.25, 0.3) is 0 Å². The fourth-order valence-corrected chi connectivity index (χ4v) is 7.92. The molecule has 0 bridgehead atoms. The average Bonchev–Trinajstić information content (AvgIpc) is 2.91. The lowest BCUT2D eigenvalue weighted by atomic mass is 9.82. The Balaban J connectivity index is 0.000000153. The van der Waals surface area contributed by atoms with Crippen LogP contribution in [0.1, 0.15) is 88.2 Å². The summed E-state index contributed by atoms with van der Waals surface area (Å²) in [4.78, 5) is 5.32. The van der Waals surface area contributed by atoms with Crippen LogP contribution in [0.2, 0.25) is 0 Å². The van der Waals surface area contributed by atoms with Crippen molar-refractivity contribution >= 4 is 12.4 Å². The van der Waals surface area contributed by atoms with E-state index in [4.69, 9.17) is 14.2 Å². The molecule has 2 aromatic carbocycles. The van der Waals surface area contributed by atoms with Crippen molar-refractivity contribution in [1.82, 2.24) is 9.80 Å². The fraction of sp³-hybridized carbons (Fsp3) is 0.657. The summed E-state index contributed by atoms with van der Waals surface area (Å²) < 4.78 is 44.7. The lowest BCUT2D eigenvalue weighted by Crippen LogP contribution is -2.57. The van der Waals surface area contributed by atoms with Crippen LogP contribution in [0.3, 0.4) is 0 Å². The highest BCUT2D eigenvalue weighted by Gasteiger charge is 2.42. The normalized spacial score (nSPS) is 24.9. The van der Waals surface area contributed by atoms with Crippen LogP contribution in [-0.4, -0.2) is 71.5 Å². The number of hydrogen-bond acceptors (Lipinski definition) is 6. The van der Waals surface area contributed by atoms with Crippen LogP contribution in [0.5, 0.6) is 23.0 Å². The molecule has 0 unspecified atom stereocenters. The minimum atomic E-state index is -0.361. The second kappa shape index (κ2) is 13.6. The Bertz CT molecular complexity index is 1270. The van der Waals surface area contributed by atoms with Crippen LogP contribution in [0, 0.1) is 11.6 Å². The summed E-state index contributed by atoms with van der Waals surface area (Å²) in [5.74, 6) is 0.945. The monoisotopic (exact) mass is 632 g/mol.